The molecule has 0 aliphatic carbocycles. The summed E-state index contributed by atoms with van der Waals surface area (Å²) < 4.78 is 1.25. The van der Waals surface area contributed by atoms with E-state index >= 15 is 0 Å². The molecule has 0 N–H and O–H groups in total. The Kier molecular flexibility index (Phi) is 5.00. The van der Waals surface area contributed by atoms with Crippen molar-refractivity contribution in [1.82, 2.24) is 4.98 Å². The van der Waals surface area contributed by atoms with Crippen LogP contribution in [0.5, 0.6) is 0 Å². The van der Waals surface area contributed by atoms with E-state index in [0.29, 0.717) is 0 Å². The van der Waals surface area contributed by atoms with Gasteiger partial charge in [0.05, 0.1) is 10.2 Å². The Morgan fingerprint density at radius 1 is 0.444 bits per heavy atom. The predicted molar refractivity (Wildman–Crippen MR) is 155 cm³/mol. The van der Waals surface area contributed by atoms with Crippen molar-refractivity contribution in [2.45, 2.75) is 0 Å². The van der Waals surface area contributed by atoms with Gasteiger partial charge in [0.25, 0.3) is 0 Å². The molecule has 0 amide bonds. The summed E-state index contributed by atoms with van der Waals surface area (Å²) in [6.45, 7) is 0. The lowest BCUT2D eigenvalue weighted by molar-refractivity contribution is 1.28. The molecule has 0 atom stereocenters. The van der Waals surface area contributed by atoms with E-state index in [9.17, 15) is 0 Å². The first-order chi connectivity index (χ1) is 17.9. The molecule has 1 aromatic heterocycles. The number of aromatic nitrogens is 1. The van der Waals surface area contributed by atoms with Crippen molar-refractivity contribution in [2.75, 3.05) is 4.90 Å². The van der Waals surface area contributed by atoms with Gasteiger partial charge in [-0.15, -0.1) is 11.3 Å². The number of benzene rings is 6. The highest BCUT2D eigenvalue weighted by molar-refractivity contribution is 7.22. The molecule has 0 radical (unpaired) electrons. The van der Waals surface area contributed by atoms with Gasteiger partial charge in [-0.05, 0) is 59.3 Å². The number of thiazole rings is 1. The Balaban J connectivity index is 1.36. The number of rotatable bonds is 4. The predicted octanol–water partition coefficient (Wildman–Crippen LogP) is 9.74. The average molecular weight is 479 g/mol. The first kappa shape index (κ1) is 20.9. The maximum Gasteiger partial charge on any atom is 0.124 e. The van der Waals surface area contributed by atoms with Crippen molar-refractivity contribution in [3.8, 4) is 10.6 Å². The average Bonchev–Trinajstić information content (AvgIpc) is 3.41. The summed E-state index contributed by atoms with van der Waals surface area (Å²) in [5.41, 5.74) is 5.61. The summed E-state index contributed by atoms with van der Waals surface area (Å²) in [7, 11) is 0. The number of hydrogen-bond donors (Lipinski definition) is 0. The zero-order chi connectivity index (χ0) is 23.9. The summed E-state index contributed by atoms with van der Waals surface area (Å²) in [6, 6.07) is 47.0. The molecule has 0 saturated heterocycles. The molecule has 0 aliphatic rings. The van der Waals surface area contributed by atoms with Crippen LogP contribution in [-0.4, -0.2) is 4.98 Å². The van der Waals surface area contributed by atoms with E-state index in [1.54, 1.807) is 11.3 Å². The third-order valence-corrected chi connectivity index (χ3v) is 7.81. The molecule has 2 nitrogen and oxygen atoms in total. The highest BCUT2D eigenvalue weighted by Gasteiger charge is 2.16. The van der Waals surface area contributed by atoms with E-state index in [4.69, 9.17) is 4.98 Å². The van der Waals surface area contributed by atoms with Gasteiger partial charge in [-0.25, -0.2) is 4.98 Å². The van der Waals surface area contributed by atoms with Gasteiger partial charge in [0, 0.05) is 33.4 Å². The highest BCUT2D eigenvalue weighted by Crippen LogP contribution is 2.41. The fraction of sp³-hybridized carbons (Fsp3) is 0. The van der Waals surface area contributed by atoms with Crippen LogP contribution in [0.3, 0.4) is 0 Å². The van der Waals surface area contributed by atoms with Crippen LogP contribution in [0.1, 0.15) is 0 Å². The number of nitrogens with zero attached hydrogens (tertiary/aromatic N) is 2. The molecule has 0 aliphatic heterocycles. The lowest BCUT2D eigenvalue weighted by atomic mass is 10.0. The molecular formula is C33H22N2S. The second kappa shape index (κ2) is 8.63. The first-order valence-corrected chi connectivity index (χ1v) is 12.9. The van der Waals surface area contributed by atoms with E-state index in [0.717, 1.165) is 33.1 Å². The molecule has 36 heavy (non-hydrogen) atoms. The van der Waals surface area contributed by atoms with Gasteiger partial charge in [-0.1, -0.05) is 84.9 Å². The Morgan fingerprint density at radius 2 is 0.917 bits per heavy atom. The molecule has 0 spiro atoms. The van der Waals surface area contributed by atoms with Crippen molar-refractivity contribution in [3.63, 3.8) is 0 Å². The summed E-state index contributed by atoms with van der Waals surface area (Å²) in [5, 5.41) is 6.07. The van der Waals surface area contributed by atoms with E-state index in [-0.39, 0.29) is 0 Å². The Labute approximate surface area is 213 Å². The Morgan fingerprint density at radius 3 is 1.53 bits per heavy atom. The lowest BCUT2D eigenvalue weighted by Gasteiger charge is -2.25. The third kappa shape index (κ3) is 3.44. The second-order valence-corrected chi connectivity index (χ2v) is 9.84. The normalized spacial score (nSPS) is 11.3. The minimum atomic E-state index is 1.05. The molecule has 7 aromatic rings. The molecule has 170 valence electrons. The van der Waals surface area contributed by atoms with Crippen LogP contribution in [-0.2, 0) is 0 Å². The maximum absolute atomic E-state index is 5.16. The zero-order valence-corrected chi connectivity index (χ0v) is 20.3. The van der Waals surface area contributed by atoms with Crippen LogP contribution >= 0.6 is 11.3 Å². The smallest absolute Gasteiger partial charge is 0.124 e. The van der Waals surface area contributed by atoms with E-state index < -0.39 is 0 Å². The molecule has 0 saturated carbocycles. The minimum absolute atomic E-state index is 1.05. The molecule has 6 aromatic carbocycles. The fourth-order valence-corrected chi connectivity index (χ4v) is 6.13. The molecule has 0 bridgehead atoms. The summed E-state index contributed by atoms with van der Waals surface area (Å²) in [4.78, 5) is 7.44. The van der Waals surface area contributed by atoms with Gasteiger partial charge in [0.2, 0.25) is 0 Å². The molecule has 1 heterocycles. The summed E-state index contributed by atoms with van der Waals surface area (Å²) >= 11 is 1.78. The first-order valence-electron chi connectivity index (χ1n) is 12.1. The summed E-state index contributed by atoms with van der Waals surface area (Å²) in [5.74, 6) is 0. The molecule has 7 rings (SSSR count). The SMILES string of the molecule is c1ccc(N(c2ccccc2)c2ccc(-c3nc4c5ccccc5c5ccccc5c4s3)cc2)cc1. The van der Waals surface area contributed by atoms with Crippen LogP contribution in [0.15, 0.2) is 133 Å². The maximum atomic E-state index is 5.16. The van der Waals surface area contributed by atoms with Gasteiger partial charge in [-0.3, -0.25) is 0 Å². The molecule has 0 fully saturated rings. The Bertz CT molecular complexity index is 1710. The number of anilines is 3. The monoisotopic (exact) mass is 478 g/mol. The lowest BCUT2D eigenvalue weighted by Crippen LogP contribution is -2.09. The van der Waals surface area contributed by atoms with Crippen LogP contribution in [0.2, 0.25) is 0 Å². The van der Waals surface area contributed by atoms with Gasteiger partial charge in [0.1, 0.15) is 5.01 Å². The number of fused-ring (bicyclic) bond motifs is 6. The minimum Gasteiger partial charge on any atom is -0.311 e. The van der Waals surface area contributed by atoms with Crippen molar-refractivity contribution in [2.24, 2.45) is 0 Å². The molecule has 0 unspecified atom stereocenters. The van der Waals surface area contributed by atoms with Crippen LogP contribution < -0.4 is 4.90 Å². The van der Waals surface area contributed by atoms with Crippen molar-refractivity contribution in [1.29, 1.82) is 0 Å². The van der Waals surface area contributed by atoms with E-state index in [2.05, 4.69) is 138 Å². The van der Waals surface area contributed by atoms with Crippen LogP contribution in [0.4, 0.5) is 17.1 Å². The van der Waals surface area contributed by atoms with Gasteiger partial charge in [0.15, 0.2) is 0 Å². The third-order valence-electron chi connectivity index (χ3n) is 6.67. The molecule has 3 heteroatoms. The quantitative estimate of drug-likeness (QED) is 0.234. The Hall–Kier alpha value is -4.47. The van der Waals surface area contributed by atoms with Crippen LogP contribution in [0, 0.1) is 0 Å². The zero-order valence-electron chi connectivity index (χ0n) is 19.5. The number of para-hydroxylation sites is 2. The fourth-order valence-electron chi connectivity index (χ4n) is 5.00. The largest absolute Gasteiger partial charge is 0.311 e. The molecular weight excluding hydrogens is 456 g/mol. The van der Waals surface area contributed by atoms with E-state index in [1.165, 1.54) is 26.2 Å². The number of hydrogen-bond acceptors (Lipinski definition) is 3. The summed E-state index contributed by atoms with van der Waals surface area (Å²) in [6.07, 6.45) is 0. The van der Waals surface area contributed by atoms with E-state index in [1.807, 2.05) is 0 Å². The van der Waals surface area contributed by atoms with Crippen molar-refractivity contribution in [3.05, 3.63) is 133 Å². The van der Waals surface area contributed by atoms with Crippen molar-refractivity contribution >= 4 is 60.2 Å². The topological polar surface area (TPSA) is 16.1 Å². The van der Waals surface area contributed by atoms with Gasteiger partial charge < -0.3 is 4.90 Å². The van der Waals surface area contributed by atoms with Gasteiger partial charge >= 0.3 is 0 Å². The highest BCUT2D eigenvalue weighted by atomic mass is 32.1. The standard InChI is InChI=1S/C33H22N2S/c1-3-11-24(12-4-1)35(25-13-5-2-6-14-25)26-21-19-23(20-22-26)33-34-31-29-17-9-7-15-27(29)28-16-8-10-18-30(28)32(31)36-33/h1-22H. The van der Waals surface area contributed by atoms with Gasteiger partial charge in [-0.2, -0.15) is 0 Å². The second-order valence-electron chi connectivity index (χ2n) is 8.84. The van der Waals surface area contributed by atoms with Crippen molar-refractivity contribution < 1.29 is 0 Å². The van der Waals surface area contributed by atoms with Crippen LogP contribution in [0.25, 0.3) is 42.3 Å².